The number of carboxylic acid groups (broad SMARTS) is 1. The zero-order valence-electron chi connectivity index (χ0n) is 13.5. The Morgan fingerprint density at radius 2 is 2.04 bits per heavy atom. The highest BCUT2D eigenvalue weighted by Crippen LogP contribution is 2.37. The molecule has 0 fully saturated rings. The van der Waals surface area contributed by atoms with E-state index >= 15 is 0 Å². The van der Waals surface area contributed by atoms with Crippen molar-refractivity contribution in [2.45, 2.75) is 13.3 Å². The van der Waals surface area contributed by atoms with E-state index in [0.29, 0.717) is 23.4 Å². The number of amides is 1. The summed E-state index contributed by atoms with van der Waals surface area (Å²) in [5.74, 6) is -0.828. The highest BCUT2D eigenvalue weighted by molar-refractivity contribution is 7.21. The predicted molar refractivity (Wildman–Crippen MR) is 97.1 cm³/mol. The molecular formula is C18H16N2O4S. The lowest BCUT2D eigenvalue weighted by Gasteiger charge is -2.11. The number of nitrogens with one attached hydrogen (secondary N) is 1. The molecule has 0 atom stereocenters. The number of hydrogen-bond donors (Lipinski definition) is 2. The van der Waals surface area contributed by atoms with Crippen LogP contribution < -0.4 is 10.1 Å². The van der Waals surface area contributed by atoms with Crippen LogP contribution in [0.25, 0.3) is 20.8 Å². The van der Waals surface area contributed by atoms with Crippen molar-refractivity contribution in [1.82, 2.24) is 4.98 Å². The molecule has 3 aromatic rings. The van der Waals surface area contributed by atoms with E-state index in [2.05, 4.69) is 10.3 Å². The van der Waals surface area contributed by atoms with E-state index in [1.54, 1.807) is 25.1 Å². The Bertz CT molecular complexity index is 903. The summed E-state index contributed by atoms with van der Waals surface area (Å²) >= 11 is 1.50. The van der Waals surface area contributed by atoms with Gasteiger partial charge in [0.05, 0.1) is 15.8 Å². The van der Waals surface area contributed by atoms with E-state index in [1.807, 2.05) is 24.3 Å². The molecule has 0 aliphatic carbocycles. The van der Waals surface area contributed by atoms with E-state index in [9.17, 15) is 9.59 Å². The molecule has 1 aromatic heterocycles. The van der Waals surface area contributed by atoms with Crippen molar-refractivity contribution >= 4 is 39.1 Å². The Morgan fingerprint density at radius 1 is 1.24 bits per heavy atom. The fraction of sp³-hybridized carbons (Fsp3) is 0.167. The van der Waals surface area contributed by atoms with Crippen LogP contribution in [-0.4, -0.2) is 28.6 Å². The Hall–Kier alpha value is -2.93. The molecule has 0 saturated carbocycles. The highest BCUT2D eigenvalue weighted by atomic mass is 32.1. The standard InChI is InChI=1S/C18H16N2O4S/c1-2-16(21)19-11-7-8-12(14(9-11)24-10-17(22)23)18-20-13-5-3-4-6-15(13)25-18/h3-9H,2,10H2,1H3,(H,19,21)(H,22,23). The van der Waals surface area contributed by atoms with Crippen LogP contribution in [0, 0.1) is 0 Å². The molecule has 0 aliphatic rings. The van der Waals surface area contributed by atoms with E-state index in [-0.39, 0.29) is 5.91 Å². The first-order valence-electron chi connectivity index (χ1n) is 7.71. The van der Waals surface area contributed by atoms with Gasteiger partial charge in [0.15, 0.2) is 6.61 Å². The summed E-state index contributed by atoms with van der Waals surface area (Å²) in [6.07, 6.45) is 0.352. The average Bonchev–Trinajstić information content (AvgIpc) is 3.03. The summed E-state index contributed by atoms with van der Waals surface area (Å²) < 4.78 is 6.45. The molecule has 3 rings (SSSR count). The minimum atomic E-state index is -1.07. The van der Waals surface area contributed by atoms with Crippen molar-refractivity contribution in [3.8, 4) is 16.3 Å². The van der Waals surface area contributed by atoms with Gasteiger partial charge in [-0.15, -0.1) is 11.3 Å². The van der Waals surface area contributed by atoms with Gasteiger partial charge >= 0.3 is 5.97 Å². The van der Waals surface area contributed by atoms with Gasteiger partial charge in [0.2, 0.25) is 5.91 Å². The second-order valence-corrected chi connectivity index (χ2v) is 6.31. The summed E-state index contributed by atoms with van der Waals surface area (Å²) in [6.45, 7) is 1.29. The number of ether oxygens (including phenoxy) is 1. The topological polar surface area (TPSA) is 88.5 Å². The Balaban J connectivity index is 2.00. The van der Waals surface area contributed by atoms with Crippen LogP contribution in [0.3, 0.4) is 0 Å². The molecular weight excluding hydrogens is 340 g/mol. The summed E-state index contributed by atoms with van der Waals surface area (Å²) in [5, 5.41) is 12.4. The van der Waals surface area contributed by atoms with Crippen molar-refractivity contribution in [3.63, 3.8) is 0 Å². The molecule has 25 heavy (non-hydrogen) atoms. The molecule has 0 spiro atoms. The molecule has 0 radical (unpaired) electrons. The number of hydrogen-bond acceptors (Lipinski definition) is 5. The predicted octanol–water partition coefficient (Wildman–Crippen LogP) is 3.78. The Labute approximate surface area is 148 Å². The average molecular weight is 356 g/mol. The number of benzene rings is 2. The first-order valence-corrected chi connectivity index (χ1v) is 8.53. The second kappa shape index (κ2) is 7.31. The molecule has 2 N–H and O–H groups in total. The minimum Gasteiger partial charge on any atom is -0.481 e. The number of fused-ring (bicyclic) bond motifs is 1. The SMILES string of the molecule is CCC(=O)Nc1ccc(-c2nc3ccccc3s2)c(OCC(=O)O)c1. The molecule has 6 nitrogen and oxygen atoms in total. The number of aromatic nitrogens is 1. The number of rotatable bonds is 6. The molecule has 128 valence electrons. The van der Waals surface area contributed by atoms with Crippen molar-refractivity contribution in [1.29, 1.82) is 0 Å². The van der Waals surface area contributed by atoms with Gasteiger partial charge in [-0.25, -0.2) is 9.78 Å². The first kappa shape index (κ1) is 16.9. The lowest BCUT2D eigenvalue weighted by molar-refractivity contribution is -0.139. The lowest BCUT2D eigenvalue weighted by Crippen LogP contribution is -2.12. The fourth-order valence-corrected chi connectivity index (χ4v) is 3.27. The largest absolute Gasteiger partial charge is 0.481 e. The highest BCUT2D eigenvalue weighted by Gasteiger charge is 2.14. The maximum atomic E-state index is 11.6. The smallest absolute Gasteiger partial charge is 0.341 e. The number of carbonyl (C=O) groups is 2. The number of thiazole rings is 1. The molecule has 1 heterocycles. The van der Waals surface area contributed by atoms with Crippen molar-refractivity contribution < 1.29 is 19.4 Å². The van der Waals surface area contributed by atoms with Crippen molar-refractivity contribution in [3.05, 3.63) is 42.5 Å². The Kier molecular flexibility index (Phi) is 4.95. The summed E-state index contributed by atoms with van der Waals surface area (Å²) in [7, 11) is 0. The van der Waals surface area contributed by atoms with Crippen LogP contribution >= 0.6 is 11.3 Å². The quantitative estimate of drug-likeness (QED) is 0.702. The van der Waals surface area contributed by atoms with Gasteiger partial charge in [-0.05, 0) is 24.3 Å². The molecule has 7 heteroatoms. The third kappa shape index (κ3) is 3.95. The number of carbonyl (C=O) groups excluding carboxylic acids is 1. The number of para-hydroxylation sites is 1. The number of anilines is 1. The molecule has 0 aliphatic heterocycles. The van der Waals surface area contributed by atoms with Gasteiger partial charge in [-0.2, -0.15) is 0 Å². The normalized spacial score (nSPS) is 10.6. The van der Waals surface area contributed by atoms with Crippen molar-refractivity contribution in [2.24, 2.45) is 0 Å². The summed E-state index contributed by atoms with van der Waals surface area (Å²) in [6, 6.07) is 12.9. The van der Waals surface area contributed by atoms with Gasteiger partial charge in [0.25, 0.3) is 0 Å². The fourth-order valence-electron chi connectivity index (χ4n) is 2.27. The van der Waals surface area contributed by atoms with Crippen LogP contribution in [0.5, 0.6) is 5.75 Å². The number of aliphatic carboxylic acids is 1. The van der Waals surface area contributed by atoms with Crippen LogP contribution in [0.2, 0.25) is 0 Å². The van der Waals surface area contributed by atoms with Gasteiger partial charge in [0, 0.05) is 18.2 Å². The Morgan fingerprint density at radius 3 is 2.76 bits per heavy atom. The van der Waals surface area contributed by atoms with E-state index in [0.717, 1.165) is 15.2 Å². The van der Waals surface area contributed by atoms with Gasteiger partial charge < -0.3 is 15.2 Å². The van der Waals surface area contributed by atoms with Crippen LogP contribution in [0.15, 0.2) is 42.5 Å². The van der Waals surface area contributed by atoms with E-state index in [4.69, 9.17) is 9.84 Å². The third-order valence-corrected chi connectivity index (χ3v) is 4.53. The van der Waals surface area contributed by atoms with E-state index < -0.39 is 12.6 Å². The molecule has 2 aromatic carbocycles. The van der Waals surface area contributed by atoms with Gasteiger partial charge in [0.1, 0.15) is 10.8 Å². The number of carboxylic acids is 1. The maximum Gasteiger partial charge on any atom is 0.341 e. The third-order valence-electron chi connectivity index (χ3n) is 3.46. The molecule has 1 amide bonds. The molecule has 0 bridgehead atoms. The van der Waals surface area contributed by atoms with Crippen LogP contribution in [0.1, 0.15) is 13.3 Å². The van der Waals surface area contributed by atoms with Crippen LogP contribution in [0.4, 0.5) is 5.69 Å². The van der Waals surface area contributed by atoms with Gasteiger partial charge in [-0.3, -0.25) is 4.79 Å². The molecule has 0 unspecified atom stereocenters. The summed E-state index contributed by atoms with van der Waals surface area (Å²) in [5.41, 5.74) is 2.11. The minimum absolute atomic E-state index is 0.128. The maximum absolute atomic E-state index is 11.6. The first-order chi connectivity index (χ1) is 12.1. The summed E-state index contributed by atoms with van der Waals surface area (Å²) in [4.78, 5) is 27.0. The second-order valence-electron chi connectivity index (χ2n) is 5.28. The lowest BCUT2D eigenvalue weighted by atomic mass is 10.2. The molecule has 0 saturated heterocycles. The monoisotopic (exact) mass is 356 g/mol. The zero-order valence-corrected chi connectivity index (χ0v) is 14.3. The zero-order chi connectivity index (χ0) is 17.8. The van der Waals surface area contributed by atoms with Crippen LogP contribution in [-0.2, 0) is 9.59 Å². The van der Waals surface area contributed by atoms with Gasteiger partial charge in [-0.1, -0.05) is 19.1 Å². The number of nitrogens with zero attached hydrogens (tertiary/aromatic N) is 1. The van der Waals surface area contributed by atoms with Crippen molar-refractivity contribution in [2.75, 3.05) is 11.9 Å². The van der Waals surface area contributed by atoms with E-state index in [1.165, 1.54) is 11.3 Å².